The first-order valence-corrected chi connectivity index (χ1v) is 29.7. The summed E-state index contributed by atoms with van der Waals surface area (Å²) in [5.41, 5.74) is 0. The van der Waals surface area contributed by atoms with Gasteiger partial charge in [0.25, 0.3) is 0 Å². The zero-order valence-corrected chi connectivity index (χ0v) is 43.6. The maximum absolute atomic E-state index is 12.5. The summed E-state index contributed by atoms with van der Waals surface area (Å²) in [5.74, 6) is -0.0224. The lowest BCUT2D eigenvalue weighted by atomic mass is 10.0. The first-order chi connectivity index (χ1) is 31.2. The van der Waals surface area contributed by atoms with Gasteiger partial charge in [-0.3, -0.25) is 4.79 Å². The molecule has 0 aromatic heterocycles. The molecule has 0 fully saturated rings. The topological polar surface area (TPSA) is 69.6 Å². The van der Waals surface area contributed by atoms with E-state index in [1.807, 2.05) is 0 Å². The maximum Gasteiger partial charge on any atom is 0.220 e. The van der Waals surface area contributed by atoms with Gasteiger partial charge < -0.3 is 15.5 Å². The van der Waals surface area contributed by atoms with Gasteiger partial charge in [-0.05, 0) is 12.8 Å². The van der Waals surface area contributed by atoms with E-state index in [9.17, 15) is 15.0 Å². The highest BCUT2D eigenvalue weighted by molar-refractivity contribution is 5.76. The second-order valence-corrected chi connectivity index (χ2v) is 20.8. The summed E-state index contributed by atoms with van der Waals surface area (Å²) in [7, 11) is 0. The van der Waals surface area contributed by atoms with Crippen LogP contribution in [0.3, 0.4) is 0 Å². The van der Waals surface area contributed by atoms with Crippen LogP contribution in [-0.4, -0.2) is 34.9 Å². The van der Waals surface area contributed by atoms with Gasteiger partial charge in [-0.2, -0.15) is 0 Å². The van der Waals surface area contributed by atoms with Crippen molar-refractivity contribution in [2.45, 2.75) is 366 Å². The molecule has 0 aliphatic heterocycles. The normalized spacial score (nSPS) is 12.6. The number of hydrogen-bond acceptors (Lipinski definition) is 3. The summed E-state index contributed by atoms with van der Waals surface area (Å²) in [6, 6.07) is -0.530. The zero-order valence-electron chi connectivity index (χ0n) is 43.6. The third kappa shape index (κ3) is 52.2. The van der Waals surface area contributed by atoms with E-state index >= 15 is 0 Å². The maximum atomic E-state index is 12.5. The van der Waals surface area contributed by atoms with E-state index in [1.54, 1.807) is 0 Å². The highest BCUT2D eigenvalue weighted by Crippen LogP contribution is 2.19. The quantitative estimate of drug-likeness (QED) is 0.0533. The Balaban J connectivity index is 3.33. The Morgan fingerprint density at radius 3 is 0.714 bits per heavy atom. The molecule has 3 N–H and O–H groups in total. The van der Waals surface area contributed by atoms with E-state index in [2.05, 4.69) is 19.2 Å². The molecule has 0 heterocycles. The van der Waals surface area contributed by atoms with Gasteiger partial charge in [0.2, 0.25) is 5.91 Å². The monoisotopic (exact) mass is 890 g/mol. The fraction of sp³-hybridized carbons (Fsp3) is 0.983. The minimum atomic E-state index is -0.654. The average molecular weight is 891 g/mol. The molecule has 0 spiro atoms. The summed E-state index contributed by atoms with van der Waals surface area (Å²) in [6.07, 6.45) is 71.2. The Bertz CT molecular complexity index is 834. The largest absolute Gasteiger partial charge is 0.394 e. The molecule has 0 rings (SSSR count). The van der Waals surface area contributed by atoms with Crippen LogP contribution in [-0.2, 0) is 4.79 Å². The van der Waals surface area contributed by atoms with Crippen LogP contribution in [0.2, 0.25) is 0 Å². The summed E-state index contributed by atoms with van der Waals surface area (Å²) in [4.78, 5) is 12.5. The molecule has 378 valence electrons. The van der Waals surface area contributed by atoms with E-state index in [0.717, 1.165) is 25.7 Å². The molecule has 0 aliphatic carbocycles. The molecule has 0 saturated carbocycles. The molecular weight excluding hydrogens is 771 g/mol. The van der Waals surface area contributed by atoms with E-state index in [4.69, 9.17) is 0 Å². The fourth-order valence-electron chi connectivity index (χ4n) is 9.84. The van der Waals surface area contributed by atoms with Gasteiger partial charge in [0.1, 0.15) is 0 Å². The minimum absolute atomic E-state index is 0.0224. The molecular formula is C59H119NO3. The van der Waals surface area contributed by atoms with E-state index in [1.165, 1.54) is 302 Å². The molecule has 0 radical (unpaired) electrons. The molecule has 63 heavy (non-hydrogen) atoms. The van der Waals surface area contributed by atoms with Crippen LogP contribution in [0, 0.1) is 0 Å². The number of hydrogen-bond donors (Lipinski definition) is 3. The van der Waals surface area contributed by atoms with Crippen LogP contribution < -0.4 is 5.32 Å². The van der Waals surface area contributed by atoms with Crippen molar-refractivity contribution >= 4 is 5.91 Å². The molecule has 4 heteroatoms. The Hall–Kier alpha value is -0.610. The van der Waals surface area contributed by atoms with Gasteiger partial charge in [0.05, 0.1) is 18.8 Å². The van der Waals surface area contributed by atoms with E-state index in [0.29, 0.717) is 12.8 Å². The van der Waals surface area contributed by atoms with Gasteiger partial charge in [-0.1, -0.05) is 335 Å². The Morgan fingerprint density at radius 2 is 0.508 bits per heavy atom. The highest BCUT2D eigenvalue weighted by Gasteiger charge is 2.20. The van der Waals surface area contributed by atoms with Crippen molar-refractivity contribution in [2.24, 2.45) is 0 Å². The lowest BCUT2D eigenvalue weighted by Crippen LogP contribution is -2.45. The number of aliphatic hydroxyl groups is 2. The van der Waals surface area contributed by atoms with Crippen LogP contribution >= 0.6 is 0 Å². The van der Waals surface area contributed by atoms with Gasteiger partial charge in [-0.15, -0.1) is 0 Å². The third-order valence-corrected chi connectivity index (χ3v) is 14.4. The van der Waals surface area contributed by atoms with Gasteiger partial charge in [-0.25, -0.2) is 0 Å². The lowest BCUT2D eigenvalue weighted by molar-refractivity contribution is -0.123. The highest BCUT2D eigenvalue weighted by atomic mass is 16.3. The number of amides is 1. The summed E-state index contributed by atoms with van der Waals surface area (Å²) in [6.45, 7) is 4.40. The average Bonchev–Trinajstić information content (AvgIpc) is 3.29. The van der Waals surface area contributed by atoms with Crippen LogP contribution in [0.15, 0.2) is 0 Å². The fourth-order valence-corrected chi connectivity index (χ4v) is 9.84. The van der Waals surface area contributed by atoms with Gasteiger partial charge in [0, 0.05) is 6.42 Å². The van der Waals surface area contributed by atoms with Crippen molar-refractivity contribution in [1.82, 2.24) is 5.32 Å². The number of aliphatic hydroxyl groups excluding tert-OH is 2. The molecule has 0 aliphatic rings. The van der Waals surface area contributed by atoms with Crippen molar-refractivity contribution in [1.29, 1.82) is 0 Å². The second kappa shape index (κ2) is 55.7. The summed E-state index contributed by atoms with van der Waals surface area (Å²) < 4.78 is 0. The Kier molecular flexibility index (Phi) is 55.2. The predicted molar refractivity (Wildman–Crippen MR) is 281 cm³/mol. The number of rotatable bonds is 56. The Labute approximate surface area is 397 Å². The van der Waals surface area contributed by atoms with Crippen LogP contribution in [0.1, 0.15) is 354 Å². The first-order valence-electron chi connectivity index (χ1n) is 29.7. The molecule has 4 nitrogen and oxygen atoms in total. The number of carbonyl (C=O) groups is 1. The van der Waals surface area contributed by atoms with E-state index < -0.39 is 12.1 Å². The van der Waals surface area contributed by atoms with Crippen molar-refractivity contribution in [2.75, 3.05) is 6.61 Å². The van der Waals surface area contributed by atoms with Crippen molar-refractivity contribution < 1.29 is 15.0 Å². The molecule has 0 aromatic carbocycles. The molecule has 2 unspecified atom stereocenters. The smallest absolute Gasteiger partial charge is 0.220 e. The molecule has 0 aromatic rings. The standard InChI is InChI=1S/C59H119NO3/c1-3-5-7-9-11-13-15-17-19-20-21-22-23-24-25-26-27-28-29-30-31-32-33-34-35-36-37-38-39-41-43-45-47-49-51-53-55-59(63)60-57(56-61)58(62)54-52-50-48-46-44-42-40-18-16-14-12-10-8-6-4-2/h57-58,61-62H,3-56H2,1-2H3,(H,60,63). The number of nitrogens with one attached hydrogen (secondary N) is 1. The summed E-state index contributed by atoms with van der Waals surface area (Å²) >= 11 is 0. The van der Waals surface area contributed by atoms with Crippen molar-refractivity contribution in [3.63, 3.8) is 0 Å². The van der Waals surface area contributed by atoms with Crippen LogP contribution in [0.5, 0.6) is 0 Å². The predicted octanol–water partition coefficient (Wildman–Crippen LogP) is 19.5. The molecule has 2 atom stereocenters. The van der Waals surface area contributed by atoms with Crippen molar-refractivity contribution in [3.8, 4) is 0 Å². The Morgan fingerprint density at radius 1 is 0.317 bits per heavy atom. The second-order valence-electron chi connectivity index (χ2n) is 20.8. The van der Waals surface area contributed by atoms with E-state index in [-0.39, 0.29) is 12.5 Å². The summed E-state index contributed by atoms with van der Waals surface area (Å²) in [5, 5.41) is 23.3. The van der Waals surface area contributed by atoms with Gasteiger partial charge >= 0.3 is 0 Å². The molecule has 0 bridgehead atoms. The minimum Gasteiger partial charge on any atom is -0.394 e. The first kappa shape index (κ1) is 62.4. The molecule has 1 amide bonds. The lowest BCUT2D eigenvalue weighted by Gasteiger charge is -2.22. The van der Waals surface area contributed by atoms with Crippen LogP contribution in [0.25, 0.3) is 0 Å². The zero-order chi connectivity index (χ0) is 45.6. The number of unbranched alkanes of at least 4 members (excludes halogenated alkanes) is 49. The van der Waals surface area contributed by atoms with Gasteiger partial charge in [0.15, 0.2) is 0 Å². The third-order valence-electron chi connectivity index (χ3n) is 14.4. The number of carbonyl (C=O) groups excluding carboxylic acids is 1. The SMILES string of the molecule is CCCCCCCCCCCCCCCCCCCCCCCCCCCCCCCCCCCCCCC(=O)NC(CO)C(O)CCCCCCCCCCCCCCCCC. The molecule has 0 saturated heterocycles. The van der Waals surface area contributed by atoms with Crippen LogP contribution in [0.4, 0.5) is 0 Å². The van der Waals surface area contributed by atoms with Crippen molar-refractivity contribution in [3.05, 3.63) is 0 Å².